The number of amides is 1. The average Bonchev–Trinajstić information content (AvgIpc) is 2.92. The number of aromatic hydroxyl groups is 1. The van der Waals surface area contributed by atoms with Gasteiger partial charge in [-0.1, -0.05) is 12.1 Å². The van der Waals surface area contributed by atoms with Gasteiger partial charge in [0.1, 0.15) is 5.58 Å². The molecule has 6 nitrogen and oxygen atoms in total. The topological polar surface area (TPSA) is 88.8 Å². The van der Waals surface area contributed by atoms with Crippen molar-refractivity contribution < 1.29 is 19.1 Å². The average molecular weight is 351 g/mol. The van der Waals surface area contributed by atoms with E-state index >= 15 is 0 Å². The van der Waals surface area contributed by atoms with E-state index in [4.69, 9.17) is 9.15 Å². The molecule has 0 spiro atoms. The van der Waals surface area contributed by atoms with Crippen LogP contribution in [0.2, 0.25) is 0 Å². The van der Waals surface area contributed by atoms with Crippen molar-refractivity contribution in [3.05, 3.63) is 68.6 Å². The van der Waals surface area contributed by atoms with Crippen molar-refractivity contribution in [2.45, 2.75) is 19.9 Å². The molecule has 1 aromatic heterocycles. The van der Waals surface area contributed by atoms with Crippen LogP contribution in [0.15, 0.2) is 39.5 Å². The first-order chi connectivity index (χ1) is 12.4. The van der Waals surface area contributed by atoms with Gasteiger partial charge in [-0.2, -0.15) is 0 Å². The van der Waals surface area contributed by atoms with Crippen LogP contribution in [-0.2, 0) is 0 Å². The summed E-state index contributed by atoms with van der Waals surface area (Å²) in [6.07, 6.45) is 0. The molecule has 6 heteroatoms. The van der Waals surface area contributed by atoms with Gasteiger partial charge in [0.05, 0.1) is 24.1 Å². The van der Waals surface area contributed by atoms with Crippen molar-refractivity contribution in [3.63, 3.8) is 0 Å². The second kappa shape index (κ2) is 5.62. The van der Waals surface area contributed by atoms with Crippen molar-refractivity contribution >= 4 is 16.9 Å². The number of phenols is 1. The lowest BCUT2D eigenvalue weighted by Crippen LogP contribution is -2.22. The van der Waals surface area contributed by atoms with Crippen LogP contribution in [-0.4, -0.2) is 18.1 Å². The first kappa shape index (κ1) is 16.2. The third-order valence-electron chi connectivity index (χ3n) is 4.68. The number of benzene rings is 2. The molecule has 0 saturated heterocycles. The number of fused-ring (bicyclic) bond motifs is 2. The predicted octanol–water partition coefficient (Wildman–Crippen LogP) is 2.96. The molecule has 4 rings (SSSR count). The van der Waals surface area contributed by atoms with E-state index in [0.717, 1.165) is 11.1 Å². The molecule has 2 aromatic carbocycles. The van der Waals surface area contributed by atoms with Crippen LogP contribution >= 0.6 is 0 Å². The van der Waals surface area contributed by atoms with Crippen LogP contribution in [0.3, 0.4) is 0 Å². The number of carbonyl (C=O) groups is 1. The lowest BCUT2D eigenvalue weighted by Gasteiger charge is -2.14. The molecule has 2 N–H and O–H groups in total. The van der Waals surface area contributed by atoms with Crippen molar-refractivity contribution in [1.82, 2.24) is 5.32 Å². The van der Waals surface area contributed by atoms with Crippen LogP contribution in [0.5, 0.6) is 11.5 Å². The van der Waals surface area contributed by atoms with Gasteiger partial charge >= 0.3 is 0 Å². The number of hydrogen-bond acceptors (Lipinski definition) is 5. The van der Waals surface area contributed by atoms with Crippen LogP contribution in [0.1, 0.15) is 38.9 Å². The number of aryl methyl sites for hydroxylation is 2. The fourth-order valence-corrected chi connectivity index (χ4v) is 3.53. The van der Waals surface area contributed by atoms with Gasteiger partial charge in [-0.25, -0.2) is 0 Å². The molecule has 132 valence electrons. The van der Waals surface area contributed by atoms with E-state index < -0.39 is 11.9 Å². The number of methoxy groups -OCH3 is 1. The molecule has 26 heavy (non-hydrogen) atoms. The molecule has 0 unspecified atom stereocenters. The number of hydrogen-bond donors (Lipinski definition) is 2. The maximum absolute atomic E-state index is 13.2. The van der Waals surface area contributed by atoms with Gasteiger partial charge in [0.2, 0.25) is 5.76 Å². The minimum atomic E-state index is -0.659. The van der Waals surface area contributed by atoms with Crippen LogP contribution < -0.4 is 15.5 Å². The second-order valence-electron chi connectivity index (χ2n) is 6.47. The minimum absolute atomic E-state index is 0.0161. The highest BCUT2D eigenvalue weighted by Gasteiger charge is 2.36. The largest absolute Gasteiger partial charge is 0.504 e. The van der Waals surface area contributed by atoms with E-state index in [2.05, 4.69) is 5.32 Å². The number of rotatable bonds is 2. The van der Waals surface area contributed by atoms with Gasteiger partial charge in [0.25, 0.3) is 5.91 Å². The van der Waals surface area contributed by atoms with E-state index in [9.17, 15) is 14.7 Å². The zero-order valence-electron chi connectivity index (χ0n) is 14.5. The van der Waals surface area contributed by atoms with Gasteiger partial charge in [0, 0.05) is 0 Å². The molecule has 1 amide bonds. The molecule has 0 bridgehead atoms. The molecular formula is C20H17NO5. The smallest absolute Gasteiger partial charge is 0.288 e. The normalized spacial score (nSPS) is 15.8. The van der Waals surface area contributed by atoms with Crippen molar-refractivity contribution in [1.29, 1.82) is 0 Å². The Labute approximate surface area is 149 Å². The number of carbonyl (C=O) groups excluding carboxylic acids is 1. The van der Waals surface area contributed by atoms with Gasteiger partial charge in [-0.15, -0.1) is 0 Å². The van der Waals surface area contributed by atoms with E-state index in [-0.39, 0.29) is 28.3 Å². The molecule has 1 aliphatic heterocycles. The maximum Gasteiger partial charge on any atom is 0.288 e. The molecule has 0 saturated carbocycles. The lowest BCUT2D eigenvalue weighted by molar-refractivity contribution is 0.0938. The van der Waals surface area contributed by atoms with Crippen molar-refractivity contribution in [2.24, 2.45) is 0 Å². The van der Waals surface area contributed by atoms with Crippen molar-refractivity contribution in [3.8, 4) is 11.5 Å². The molecule has 0 radical (unpaired) electrons. The van der Waals surface area contributed by atoms with E-state index in [1.54, 1.807) is 18.2 Å². The Hall–Kier alpha value is -3.28. The van der Waals surface area contributed by atoms with Gasteiger partial charge in [0.15, 0.2) is 16.9 Å². The highest BCUT2D eigenvalue weighted by atomic mass is 16.5. The summed E-state index contributed by atoms with van der Waals surface area (Å²) in [5, 5.41) is 13.1. The zero-order chi connectivity index (χ0) is 18.6. The zero-order valence-corrected chi connectivity index (χ0v) is 14.5. The molecule has 3 aromatic rings. The monoisotopic (exact) mass is 351 g/mol. The van der Waals surface area contributed by atoms with E-state index in [1.165, 1.54) is 13.2 Å². The summed E-state index contributed by atoms with van der Waals surface area (Å²) in [7, 11) is 1.44. The minimum Gasteiger partial charge on any atom is -0.504 e. The Morgan fingerprint density at radius 1 is 1.15 bits per heavy atom. The lowest BCUT2D eigenvalue weighted by atomic mass is 9.97. The Bertz CT molecular complexity index is 1130. The number of phenolic OH excluding ortho intramolecular Hbond substituents is 1. The molecule has 2 heterocycles. The van der Waals surface area contributed by atoms with Crippen molar-refractivity contribution in [2.75, 3.05) is 7.11 Å². The number of nitrogens with one attached hydrogen (secondary N) is 1. The molecule has 0 aliphatic carbocycles. The molecule has 0 fully saturated rings. The fraction of sp³-hybridized carbons (Fsp3) is 0.200. The van der Waals surface area contributed by atoms with Crippen LogP contribution in [0.25, 0.3) is 11.0 Å². The summed E-state index contributed by atoms with van der Waals surface area (Å²) in [5.74, 6) is -0.153. The summed E-state index contributed by atoms with van der Waals surface area (Å²) in [6, 6.07) is 7.72. The number of ether oxygens (including phenoxy) is 1. The quantitative estimate of drug-likeness (QED) is 0.741. The third kappa shape index (κ3) is 2.26. The first-order valence-corrected chi connectivity index (χ1v) is 8.16. The Morgan fingerprint density at radius 2 is 1.92 bits per heavy atom. The predicted molar refractivity (Wildman–Crippen MR) is 95.9 cm³/mol. The van der Waals surface area contributed by atoms with E-state index in [0.29, 0.717) is 16.5 Å². The molecule has 1 atom stereocenters. The fourth-order valence-electron chi connectivity index (χ4n) is 3.53. The van der Waals surface area contributed by atoms with Gasteiger partial charge < -0.3 is 19.6 Å². The van der Waals surface area contributed by atoms with Crippen LogP contribution in [0, 0.1) is 13.8 Å². The summed E-state index contributed by atoms with van der Waals surface area (Å²) in [6.45, 7) is 3.76. The Balaban J connectivity index is 1.99. The maximum atomic E-state index is 13.2. The Morgan fingerprint density at radius 3 is 2.65 bits per heavy atom. The van der Waals surface area contributed by atoms with Crippen LogP contribution in [0.4, 0.5) is 0 Å². The highest BCUT2D eigenvalue weighted by Crippen LogP contribution is 2.35. The summed E-state index contributed by atoms with van der Waals surface area (Å²) >= 11 is 0. The second-order valence-corrected chi connectivity index (χ2v) is 6.47. The molecule has 1 aliphatic rings. The summed E-state index contributed by atoms with van der Waals surface area (Å²) < 4.78 is 10.9. The van der Waals surface area contributed by atoms with E-state index in [1.807, 2.05) is 19.9 Å². The summed E-state index contributed by atoms with van der Waals surface area (Å²) in [5.41, 5.74) is 2.85. The summed E-state index contributed by atoms with van der Waals surface area (Å²) in [4.78, 5) is 25.6. The standard InChI is InChI=1S/C20H17NO5/c1-9-6-10(2)15-14(7-9)26-19-16(18(15)23)17(21-20(19)24)11-4-5-12(22)13(8-11)25-3/h4-8,17,22H,1-3H3,(H,21,24)/t17-/m0/s1. The molecular weight excluding hydrogens is 334 g/mol. The SMILES string of the molecule is COc1cc([C@@H]2NC(=O)c3oc4cc(C)cc(C)c4c(=O)c32)ccc1O. The van der Waals surface area contributed by atoms with Gasteiger partial charge in [-0.3, -0.25) is 9.59 Å². The Kier molecular flexibility index (Phi) is 3.50. The highest BCUT2D eigenvalue weighted by molar-refractivity contribution is 5.99. The third-order valence-corrected chi connectivity index (χ3v) is 4.68. The first-order valence-electron chi connectivity index (χ1n) is 8.16. The van der Waals surface area contributed by atoms with Gasteiger partial charge in [-0.05, 0) is 48.7 Å².